The summed E-state index contributed by atoms with van der Waals surface area (Å²) in [6.07, 6.45) is 2.69. The molecule has 5 atom stereocenters. The van der Waals surface area contributed by atoms with Gasteiger partial charge in [0.25, 0.3) is 0 Å². The fourth-order valence-corrected chi connectivity index (χ4v) is 7.58. The van der Waals surface area contributed by atoms with E-state index >= 15 is 0 Å². The maximum Gasteiger partial charge on any atom is 0.407 e. The molecule has 254 valence electrons. The van der Waals surface area contributed by atoms with E-state index in [0.717, 1.165) is 80.5 Å². The van der Waals surface area contributed by atoms with Crippen LogP contribution in [0.3, 0.4) is 0 Å². The zero-order chi connectivity index (χ0) is 34.4. The second-order valence-electron chi connectivity index (χ2n) is 14.4. The number of likely N-dealkylation sites (N-methyl/N-ethyl adjacent to an activating group) is 1. The Morgan fingerprint density at radius 3 is 2.10 bits per heavy atom. The standard InChI is InChI=1S/C39H45N7O3/c1-22(2)35(45(5)39(48)49)38(47)46-21-24(4)17-34(46)37-42-30-15-14-29(18-31(30)43-37)27-8-6-25(7-9-27)26-10-12-28(13-11-26)33-20-41-36(44-33)32-16-23(3)19-40-32/h6-15,18,20,22-24,32,34-35,40H,16-17,19,21H2,1-5H3,(H,41,44)(H,42,43)(H,48,49)/t23-,24-,32-,34-,35-/m0/s1. The van der Waals surface area contributed by atoms with Gasteiger partial charge in [-0.2, -0.15) is 0 Å². The van der Waals surface area contributed by atoms with E-state index < -0.39 is 12.1 Å². The fraction of sp³-hybridized carbons (Fsp3) is 0.385. The number of fused-ring (bicyclic) bond motifs is 1. The molecule has 10 nitrogen and oxygen atoms in total. The Balaban J connectivity index is 1.07. The summed E-state index contributed by atoms with van der Waals surface area (Å²) in [6, 6.07) is 22.7. The predicted octanol–water partition coefficient (Wildman–Crippen LogP) is 7.50. The van der Waals surface area contributed by atoms with Gasteiger partial charge in [-0.1, -0.05) is 82.3 Å². The van der Waals surface area contributed by atoms with Crippen LogP contribution < -0.4 is 5.32 Å². The van der Waals surface area contributed by atoms with E-state index in [0.29, 0.717) is 18.5 Å². The molecular formula is C39H45N7O3. The highest BCUT2D eigenvalue weighted by Gasteiger charge is 2.41. The highest BCUT2D eigenvalue weighted by molar-refractivity contribution is 5.87. The number of carbonyl (C=O) groups excluding carboxylic acids is 1. The Labute approximate surface area is 287 Å². The normalized spacial score (nSPS) is 21.5. The van der Waals surface area contributed by atoms with Gasteiger partial charge in [0.1, 0.15) is 17.7 Å². The molecule has 2 fully saturated rings. The molecule has 2 aliphatic heterocycles. The van der Waals surface area contributed by atoms with Crippen molar-refractivity contribution < 1.29 is 14.7 Å². The number of hydrogen-bond donors (Lipinski definition) is 4. The first-order valence-corrected chi connectivity index (χ1v) is 17.3. The van der Waals surface area contributed by atoms with Crippen molar-refractivity contribution in [1.82, 2.24) is 35.1 Å². The molecule has 2 aromatic heterocycles. The molecule has 49 heavy (non-hydrogen) atoms. The second kappa shape index (κ2) is 13.2. The first kappa shape index (κ1) is 32.6. The number of rotatable bonds is 8. The van der Waals surface area contributed by atoms with Gasteiger partial charge in [0.15, 0.2) is 0 Å². The average Bonchev–Trinajstić information content (AvgIpc) is 3.90. The fourth-order valence-electron chi connectivity index (χ4n) is 7.58. The summed E-state index contributed by atoms with van der Waals surface area (Å²) in [4.78, 5) is 45.0. The quantitative estimate of drug-likeness (QED) is 0.137. The van der Waals surface area contributed by atoms with Crippen LogP contribution in [0, 0.1) is 17.8 Å². The van der Waals surface area contributed by atoms with Gasteiger partial charge >= 0.3 is 6.09 Å². The van der Waals surface area contributed by atoms with Crippen LogP contribution in [0.25, 0.3) is 44.5 Å². The van der Waals surface area contributed by atoms with Gasteiger partial charge in [-0.05, 0) is 77.1 Å². The molecule has 2 aliphatic rings. The van der Waals surface area contributed by atoms with E-state index in [1.54, 1.807) is 0 Å². The maximum absolute atomic E-state index is 13.8. The maximum atomic E-state index is 13.8. The largest absolute Gasteiger partial charge is 0.465 e. The smallest absolute Gasteiger partial charge is 0.407 e. The summed E-state index contributed by atoms with van der Waals surface area (Å²) in [6.45, 7) is 9.75. The highest BCUT2D eigenvalue weighted by atomic mass is 16.4. The van der Waals surface area contributed by atoms with Crippen LogP contribution in [0.1, 0.15) is 64.3 Å². The van der Waals surface area contributed by atoms with Gasteiger partial charge in [-0.25, -0.2) is 14.8 Å². The Bertz CT molecular complexity index is 1960. The number of likely N-dealkylation sites (tertiary alicyclic amines) is 1. The number of aromatic amines is 2. The molecule has 5 aromatic rings. The first-order valence-electron chi connectivity index (χ1n) is 17.3. The molecular weight excluding hydrogens is 614 g/mol. The summed E-state index contributed by atoms with van der Waals surface area (Å²) in [5.41, 5.74) is 8.35. The Kier molecular flexibility index (Phi) is 8.75. The molecule has 4 N–H and O–H groups in total. The summed E-state index contributed by atoms with van der Waals surface area (Å²) in [7, 11) is 1.47. The third-order valence-corrected chi connectivity index (χ3v) is 10.2. The van der Waals surface area contributed by atoms with Crippen molar-refractivity contribution in [2.75, 3.05) is 20.1 Å². The number of H-pyrrole nitrogens is 2. The van der Waals surface area contributed by atoms with Crippen molar-refractivity contribution >= 4 is 23.0 Å². The van der Waals surface area contributed by atoms with Gasteiger partial charge in [0.05, 0.1) is 35.0 Å². The molecule has 7 rings (SSSR count). The molecule has 2 amide bonds. The first-order chi connectivity index (χ1) is 23.5. The number of hydrogen-bond acceptors (Lipinski definition) is 5. The van der Waals surface area contributed by atoms with Crippen LogP contribution in [0.5, 0.6) is 0 Å². The monoisotopic (exact) mass is 659 g/mol. The molecule has 3 aromatic carbocycles. The van der Waals surface area contributed by atoms with Gasteiger partial charge in [0, 0.05) is 13.6 Å². The van der Waals surface area contributed by atoms with Gasteiger partial charge < -0.3 is 25.3 Å². The summed E-state index contributed by atoms with van der Waals surface area (Å²) < 4.78 is 0. The molecule has 0 aliphatic carbocycles. The lowest BCUT2D eigenvalue weighted by molar-refractivity contribution is -0.138. The van der Waals surface area contributed by atoms with E-state index in [1.165, 1.54) is 7.05 Å². The molecule has 0 radical (unpaired) electrons. The zero-order valence-corrected chi connectivity index (χ0v) is 28.8. The second-order valence-corrected chi connectivity index (χ2v) is 14.4. The lowest BCUT2D eigenvalue weighted by Gasteiger charge is -2.33. The number of amides is 2. The lowest BCUT2D eigenvalue weighted by atomic mass is 9.99. The third kappa shape index (κ3) is 6.45. The van der Waals surface area contributed by atoms with Crippen LogP contribution in [0.15, 0.2) is 72.9 Å². The Hall–Kier alpha value is -4.96. The van der Waals surface area contributed by atoms with Crippen LogP contribution in [0.4, 0.5) is 4.79 Å². The zero-order valence-electron chi connectivity index (χ0n) is 28.8. The molecule has 0 saturated carbocycles. The van der Waals surface area contributed by atoms with Crippen molar-refractivity contribution in [2.24, 2.45) is 17.8 Å². The van der Waals surface area contributed by atoms with Crippen LogP contribution in [-0.4, -0.2) is 73.0 Å². The molecule has 4 heterocycles. The van der Waals surface area contributed by atoms with Crippen molar-refractivity contribution in [1.29, 1.82) is 0 Å². The number of carboxylic acid groups (broad SMARTS) is 1. The van der Waals surface area contributed by atoms with Crippen molar-refractivity contribution in [3.05, 3.63) is 84.6 Å². The van der Waals surface area contributed by atoms with E-state index in [9.17, 15) is 14.7 Å². The molecule has 0 bridgehead atoms. The van der Waals surface area contributed by atoms with E-state index in [1.807, 2.05) is 31.0 Å². The lowest BCUT2D eigenvalue weighted by Crippen LogP contribution is -2.51. The molecule has 10 heteroatoms. The SMILES string of the molecule is CC(C)[C@@H](C(=O)N1C[C@@H](C)C[C@H]1c1nc2ccc(-c3ccc(-c4ccc(-c5cnc([C@@H]6C[C@H](C)CN6)[nH]5)cc4)cc3)cc2[nH]1)N(C)C(=O)O. The van der Waals surface area contributed by atoms with Crippen LogP contribution in [0.2, 0.25) is 0 Å². The number of aromatic nitrogens is 4. The van der Waals surface area contributed by atoms with E-state index in [2.05, 4.69) is 94.8 Å². The Morgan fingerprint density at radius 2 is 1.49 bits per heavy atom. The van der Waals surface area contributed by atoms with Crippen molar-refractivity contribution in [3.8, 4) is 33.5 Å². The number of benzene rings is 3. The van der Waals surface area contributed by atoms with Crippen molar-refractivity contribution in [2.45, 2.75) is 58.7 Å². The summed E-state index contributed by atoms with van der Waals surface area (Å²) in [5, 5.41) is 13.2. The topological polar surface area (TPSA) is 130 Å². The minimum atomic E-state index is -1.11. The minimum absolute atomic E-state index is 0.159. The van der Waals surface area contributed by atoms with Crippen LogP contribution >= 0.6 is 0 Å². The predicted molar refractivity (Wildman–Crippen MR) is 192 cm³/mol. The number of nitrogens with zero attached hydrogens (tertiary/aromatic N) is 4. The van der Waals surface area contributed by atoms with E-state index in [4.69, 9.17) is 4.98 Å². The van der Waals surface area contributed by atoms with Gasteiger partial charge in [0.2, 0.25) is 5.91 Å². The van der Waals surface area contributed by atoms with Crippen molar-refractivity contribution in [3.63, 3.8) is 0 Å². The molecule has 0 unspecified atom stereocenters. The minimum Gasteiger partial charge on any atom is -0.465 e. The molecule has 2 saturated heterocycles. The van der Waals surface area contributed by atoms with Gasteiger partial charge in [-0.15, -0.1) is 0 Å². The Morgan fingerprint density at radius 1 is 0.857 bits per heavy atom. The van der Waals surface area contributed by atoms with Crippen LogP contribution in [-0.2, 0) is 4.79 Å². The average molecular weight is 660 g/mol. The third-order valence-electron chi connectivity index (χ3n) is 10.2. The number of nitrogens with one attached hydrogen (secondary N) is 3. The van der Waals surface area contributed by atoms with E-state index in [-0.39, 0.29) is 23.8 Å². The van der Waals surface area contributed by atoms with Gasteiger partial charge in [-0.3, -0.25) is 9.69 Å². The molecule has 0 spiro atoms. The number of imidazole rings is 2. The summed E-state index contributed by atoms with van der Waals surface area (Å²) >= 11 is 0. The summed E-state index contributed by atoms with van der Waals surface area (Å²) in [5.74, 6) is 2.35. The highest BCUT2D eigenvalue weighted by Crippen LogP contribution is 2.37. The number of carbonyl (C=O) groups is 2.